The normalized spacial score (nSPS) is 14.8. The maximum atomic E-state index is 11.9. The van der Waals surface area contributed by atoms with Gasteiger partial charge in [0.05, 0.1) is 18.8 Å². The molecule has 0 radical (unpaired) electrons. The van der Waals surface area contributed by atoms with Gasteiger partial charge in [0, 0.05) is 11.8 Å². The van der Waals surface area contributed by atoms with E-state index in [9.17, 15) is 4.79 Å². The first kappa shape index (κ1) is 13.0. The molecule has 1 aliphatic carbocycles. The molecule has 1 fully saturated rings. The van der Waals surface area contributed by atoms with Crippen LogP contribution >= 0.6 is 0 Å². The topological polar surface area (TPSA) is 51.2 Å². The highest BCUT2D eigenvalue weighted by Crippen LogP contribution is 2.27. The Labute approximate surface area is 108 Å². The number of hydrogen-bond acceptors (Lipinski definition) is 4. The van der Waals surface area contributed by atoms with E-state index in [2.05, 4.69) is 10.3 Å². The van der Waals surface area contributed by atoms with Crippen LogP contribution in [-0.2, 0) is 0 Å². The number of Topliss-reactive ketones (excluding diaryl/α,β-unsaturated/α-hetero) is 1. The summed E-state index contributed by atoms with van der Waals surface area (Å²) in [6, 6.07) is 1.76. The molecular weight excluding hydrogens is 228 g/mol. The molecular formula is C14H20N2O2. The van der Waals surface area contributed by atoms with Crippen molar-refractivity contribution in [1.29, 1.82) is 0 Å². The van der Waals surface area contributed by atoms with E-state index in [1.807, 2.05) is 13.8 Å². The van der Waals surface area contributed by atoms with Gasteiger partial charge in [-0.2, -0.15) is 0 Å². The Bertz CT molecular complexity index is 414. The quantitative estimate of drug-likeness (QED) is 0.750. The molecule has 0 aromatic carbocycles. The maximum absolute atomic E-state index is 11.9. The van der Waals surface area contributed by atoms with E-state index >= 15 is 0 Å². The van der Waals surface area contributed by atoms with E-state index in [0.717, 1.165) is 12.5 Å². The first-order chi connectivity index (χ1) is 8.65. The molecule has 1 saturated carbocycles. The van der Waals surface area contributed by atoms with Crippen LogP contribution in [0.3, 0.4) is 0 Å². The van der Waals surface area contributed by atoms with Crippen molar-refractivity contribution < 1.29 is 9.53 Å². The summed E-state index contributed by atoms with van der Waals surface area (Å²) in [4.78, 5) is 16.0. The maximum Gasteiger partial charge on any atom is 0.178 e. The number of carbonyl (C=O) groups is 1. The minimum Gasteiger partial charge on any atom is -0.489 e. The lowest BCUT2D eigenvalue weighted by molar-refractivity contribution is 0.0990. The molecule has 98 valence electrons. The molecule has 1 N–H and O–H groups in total. The average Bonchev–Trinajstić information content (AvgIpc) is 3.12. The van der Waals surface area contributed by atoms with Crippen LogP contribution in [0.2, 0.25) is 0 Å². The Kier molecular flexibility index (Phi) is 4.31. The molecule has 4 heteroatoms. The number of carbonyl (C=O) groups excluding carboxylic acids is 1. The summed E-state index contributed by atoms with van der Waals surface area (Å²) in [6.45, 7) is 5.22. The molecule has 2 rings (SSSR count). The van der Waals surface area contributed by atoms with E-state index in [1.165, 1.54) is 12.8 Å². The van der Waals surface area contributed by atoms with Crippen molar-refractivity contribution in [2.75, 3.05) is 13.1 Å². The van der Waals surface area contributed by atoms with Crippen molar-refractivity contribution in [3.05, 3.63) is 24.0 Å². The molecule has 1 aromatic heterocycles. The minimum atomic E-state index is 0.0670. The molecule has 1 heterocycles. The molecule has 18 heavy (non-hydrogen) atoms. The Morgan fingerprint density at radius 3 is 2.94 bits per heavy atom. The minimum absolute atomic E-state index is 0.0670. The third-order valence-corrected chi connectivity index (χ3v) is 2.82. The SMILES string of the molecule is CC(C)Oc1cncc(C(=O)CNCC2CC2)c1. The van der Waals surface area contributed by atoms with Crippen molar-refractivity contribution in [3.63, 3.8) is 0 Å². The van der Waals surface area contributed by atoms with Gasteiger partial charge in [0.2, 0.25) is 0 Å². The van der Waals surface area contributed by atoms with Crippen molar-refractivity contribution in [2.45, 2.75) is 32.8 Å². The standard InChI is InChI=1S/C14H20N2O2/c1-10(2)18-13-5-12(7-16-8-13)14(17)9-15-6-11-3-4-11/h5,7-8,10-11,15H,3-4,6,9H2,1-2H3. The lowest BCUT2D eigenvalue weighted by atomic mass is 10.2. The second-order valence-corrected chi connectivity index (χ2v) is 5.07. The van der Waals surface area contributed by atoms with Gasteiger partial charge in [0.1, 0.15) is 5.75 Å². The van der Waals surface area contributed by atoms with Crippen LogP contribution in [0.1, 0.15) is 37.0 Å². The molecule has 0 atom stereocenters. The zero-order chi connectivity index (χ0) is 13.0. The number of ketones is 1. The monoisotopic (exact) mass is 248 g/mol. The zero-order valence-electron chi connectivity index (χ0n) is 11.0. The van der Waals surface area contributed by atoms with Crippen molar-refractivity contribution in [3.8, 4) is 5.75 Å². The lowest BCUT2D eigenvalue weighted by Gasteiger charge is -2.10. The Hall–Kier alpha value is -1.42. The van der Waals surface area contributed by atoms with Crippen LogP contribution in [0.15, 0.2) is 18.5 Å². The number of aromatic nitrogens is 1. The lowest BCUT2D eigenvalue weighted by Crippen LogP contribution is -2.25. The van der Waals surface area contributed by atoms with Gasteiger partial charge in [-0.3, -0.25) is 9.78 Å². The second kappa shape index (κ2) is 5.96. The Morgan fingerprint density at radius 2 is 2.28 bits per heavy atom. The second-order valence-electron chi connectivity index (χ2n) is 5.07. The first-order valence-electron chi connectivity index (χ1n) is 6.51. The summed E-state index contributed by atoms with van der Waals surface area (Å²) in [5.41, 5.74) is 0.608. The highest BCUT2D eigenvalue weighted by Gasteiger charge is 2.20. The van der Waals surface area contributed by atoms with Crippen LogP contribution in [0.25, 0.3) is 0 Å². The van der Waals surface area contributed by atoms with Crippen LogP contribution in [0.4, 0.5) is 0 Å². The summed E-state index contributed by atoms with van der Waals surface area (Å²) < 4.78 is 5.52. The average molecular weight is 248 g/mol. The fourth-order valence-corrected chi connectivity index (χ4v) is 1.72. The summed E-state index contributed by atoms with van der Waals surface area (Å²) in [7, 11) is 0. The van der Waals surface area contributed by atoms with E-state index in [4.69, 9.17) is 4.74 Å². The number of ether oxygens (including phenoxy) is 1. The predicted octanol–water partition coefficient (Wildman–Crippen LogP) is 2.05. The van der Waals surface area contributed by atoms with Gasteiger partial charge >= 0.3 is 0 Å². The number of hydrogen-bond donors (Lipinski definition) is 1. The summed E-state index contributed by atoms with van der Waals surface area (Å²) in [5, 5.41) is 3.19. The van der Waals surface area contributed by atoms with Gasteiger partial charge in [0.25, 0.3) is 0 Å². The fraction of sp³-hybridized carbons (Fsp3) is 0.571. The zero-order valence-corrected chi connectivity index (χ0v) is 11.0. The molecule has 1 aromatic rings. The first-order valence-corrected chi connectivity index (χ1v) is 6.51. The van der Waals surface area contributed by atoms with Gasteiger partial charge in [-0.05, 0) is 45.2 Å². The van der Waals surface area contributed by atoms with E-state index < -0.39 is 0 Å². The van der Waals surface area contributed by atoms with Gasteiger partial charge in [-0.1, -0.05) is 0 Å². The number of pyridine rings is 1. The van der Waals surface area contributed by atoms with Crippen LogP contribution in [-0.4, -0.2) is 30.0 Å². The smallest absolute Gasteiger partial charge is 0.178 e. The largest absolute Gasteiger partial charge is 0.489 e. The van der Waals surface area contributed by atoms with Crippen LogP contribution in [0, 0.1) is 5.92 Å². The highest BCUT2D eigenvalue weighted by molar-refractivity contribution is 5.97. The van der Waals surface area contributed by atoms with E-state index in [1.54, 1.807) is 18.5 Å². The molecule has 4 nitrogen and oxygen atoms in total. The van der Waals surface area contributed by atoms with Crippen molar-refractivity contribution >= 4 is 5.78 Å². The Morgan fingerprint density at radius 1 is 1.50 bits per heavy atom. The third-order valence-electron chi connectivity index (χ3n) is 2.82. The molecule has 0 spiro atoms. The van der Waals surface area contributed by atoms with E-state index in [0.29, 0.717) is 17.9 Å². The molecule has 0 aliphatic heterocycles. The summed E-state index contributed by atoms with van der Waals surface area (Å²) >= 11 is 0. The highest BCUT2D eigenvalue weighted by atomic mass is 16.5. The molecule has 0 amide bonds. The fourth-order valence-electron chi connectivity index (χ4n) is 1.72. The molecule has 0 saturated heterocycles. The van der Waals surface area contributed by atoms with Crippen LogP contribution < -0.4 is 10.1 Å². The van der Waals surface area contributed by atoms with Gasteiger partial charge < -0.3 is 10.1 Å². The predicted molar refractivity (Wildman–Crippen MR) is 69.9 cm³/mol. The number of nitrogens with one attached hydrogen (secondary N) is 1. The Balaban J connectivity index is 1.87. The number of nitrogens with zero attached hydrogens (tertiary/aromatic N) is 1. The van der Waals surface area contributed by atoms with Crippen molar-refractivity contribution in [2.24, 2.45) is 5.92 Å². The summed E-state index contributed by atoms with van der Waals surface area (Å²) in [5.74, 6) is 1.50. The van der Waals surface area contributed by atoms with Crippen molar-refractivity contribution in [1.82, 2.24) is 10.3 Å². The van der Waals surface area contributed by atoms with E-state index in [-0.39, 0.29) is 11.9 Å². The van der Waals surface area contributed by atoms with Crippen LogP contribution in [0.5, 0.6) is 5.75 Å². The van der Waals surface area contributed by atoms with Gasteiger partial charge in [-0.25, -0.2) is 0 Å². The molecule has 1 aliphatic rings. The third kappa shape index (κ3) is 4.11. The molecule has 0 bridgehead atoms. The van der Waals surface area contributed by atoms with Gasteiger partial charge in [0.15, 0.2) is 5.78 Å². The molecule has 0 unspecified atom stereocenters. The number of rotatable bonds is 7. The van der Waals surface area contributed by atoms with Gasteiger partial charge in [-0.15, -0.1) is 0 Å². The summed E-state index contributed by atoms with van der Waals surface area (Å²) in [6.07, 6.45) is 5.90.